The molecule has 0 amide bonds. The molecular formula is C65H66N6O6S. The summed E-state index contributed by atoms with van der Waals surface area (Å²) in [5.41, 5.74) is 0.346. The molecule has 78 heavy (non-hydrogen) atoms. The van der Waals surface area contributed by atoms with Gasteiger partial charge in [0.15, 0.2) is 0 Å². The number of unbranched alkanes of at least 4 members (excludes halogenated alkanes) is 12. The predicted octanol–water partition coefficient (Wildman–Crippen LogP) is 14.7. The summed E-state index contributed by atoms with van der Waals surface area (Å²) in [5.74, 6) is 0.114. The van der Waals surface area contributed by atoms with Gasteiger partial charge in [-0.3, -0.25) is 37.9 Å². The second-order valence-corrected chi connectivity index (χ2v) is 22.7. The molecule has 0 atom stereocenters. The van der Waals surface area contributed by atoms with Crippen molar-refractivity contribution < 1.29 is 0 Å². The second-order valence-electron chi connectivity index (χ2n) is 22.2. The van der Waals surface area contributed by atoms with E-state index in [0.29, 0.717) is 90.3 Å². The van der Waals surface area contributed by atoms with Crippen LogP contribution in [0.5, 0.6) is 0 Å². The number of hydrogen-bond acceptors (Lipinski definition) is 10. The van der Waals surface area contributed by atoms with E-state index in [2.05, 4.69) is 36.4 Å². The monoisotopic (exact) mass is 1060 g/mol. The molecule has 12 rings (SSSR count). The minimum atomic E-state index is -0.608. The lowest BCUT2D eigenvalue weighted by Crippen LogP contribution is -2.37. The van der Waals surface area contributed by atoms with Gasteiger partial charge >= 0.3 is 0 Å². The van der Waals surface area contributed by atoms with E-state index in [1.165, 1.54) is 9.13 Å². The Morgan fingerprint density at radius 3 is 1.28 bits per heavy atom. The highest BCUT2D eigenvalue weighted by molar-refractivity contribution is 7.00. The van der Waals surface area contributed by atoms with Crippen LogP contribution in [-0.2, 0) is 0 Å². The first-order chi connectivity index (χ1) is 38.1. The highest BCUT2D eigenvalue weighted by atomic mass is 32.1. The number of nitrogens with zero attached hydrogens (tertiary/aromatic N) is 6. The minimum absolute atomic E-state index is 0.111. The molecule has 0 radical (unpaired) electrons. The summed E-state index contributed by atoms with van der Waals surface area (Å²) in [6.45, 7) is 8.68. The van der Waals surface area contributed by atoms with Gasteiger partial charge in [-0.05, 0) is 111 Å². The third kappa shape index (κ3) is 8.15. The van der Waals surface area contributed by atoms with Crippen LogP contribution in [0.2, 0.25) is 0 Å². The highest BCUT2D eigenvalue weighted by Crippen LogP contribution is 2.50. The first-order valence-electron chi connectivity index (χ1n) is 29.0. The summed E-state index contributed by atoms with van der Waals surface area (Å²) in [6, 6.07) is 19.6. The number of pyridine rings is 3. The summed E-state index contributed by atoms with van der Waals surface area (Å²) in [7, 11) is 0. The summed E-state index contributed by atoms with van der Waals surface area (Å²) in [5, 5.41) is 7.52. The molecule has 0 aliphatic heterocycles. The third-order valence-electron chi connectivity index (χ3n) is 17.4. The number of fused-ring (bicyclic) bond motifs is 5. The van der Waals surface area contributed by atoms with Crippen LogP contribution in [0.25, 0.3) is 114 Å². The van der Waals surface area contributed by atoms with Gasteiger partial charge in [-0.1, -0.05) is 155 Å². The van der Waals surface area contributed by atoms with Crippen molar-refractivity contribution in [2.45, 2.75) is 168 Å². The predicted molar refractivity (Wildman–Crippen MR) is 323 cm³/mol. The lowest BCUT2D eigenvalue weighted by atomic mass is 9.81. The Bertz CT molecular complexity index is 4310. The summed E-state index contributed by atoms with van der Waals surface area (Å²) in [6.07, 6.45) is 20.5. The van der Waals surface area contributed by atoms with Crippen LogP contribution < -0.4 is 33.4 Å². The summed E-state index contributed by atoms with van der Waals surface area (Å²) >= 11 is 1.12. The lowest BCUT2D eigenvalue weighted by molar-refractivity contribution is 0.384. The van der Waals surface area contributed by atoms with Crippen molar-refractivity contribution in [2.75, 3.05) is 0 Å². The molecule has 13 heteroatoms. The topological polar surface area (TPSA) is 156 Å². The molecule has 0 spiro atoms. The molecule has 12 aromatic rings. The maximum absolute atomic E-state index is 15.6. The van der Waals surface area contributed by atoms with Gasteiger partial charge in [0.05, 0.1) is 22.5 Å². The molecular weight excluding hydrogens is 993 g/mol. The average molecular weight is 1060 g/mol. The SMILES string of the molecule is CCCCCCC(CCCCCC)n1c(=O)c2ccc3c4ccc5c(=O)n(C(CCCCCC)CCCCCC)c(=O)c6cc7c8c(=O)n(-c9ccc(-c%10cccc%11nsnc%10%11)cn9)c(=O)c8c8cc(c1=O)c2c3c8c7c4c56. The molecule has 0 saturated heterocycles. The van der Waals surface area contributed by atoms with Crippen molar-refractivity contribution in [3.63, 3.8) is 0 Å². The van der Waals surface area contributed by atoms with E-state index in [1.54, 1.807) is 24.4 Å². The van der Waals surface area contributed by atoms with Crippen molar-refractivity contribution >= 4 is 109 Å². The lowest BCUT2D eigenvalue weighted by Gasteiger charge is -2.24. The van der Waals surface area contributed by atoms with Gasteiger partial charge in [-0.2, -0.15) is 8.75 Å². The quantitative estimate of drug-likeness (QED) is 0.0326. The smallest absolute Gasteiger partial charge is 0.268 e. The molecule has 0 unspecified atom stereocenters. The van der Waals surface area contributed by atoms with Gasteiger partial charge in [-0.25, -0.2) is 9.55 Å². The Hall–Kier alpha value is -7.25. The van der Waals surface area contributed by atoms with Crippen LogP contribution in [-0.4, -0.2) is 27.4 Å². The van der Waals surface area contributed by atoms with E-state index in [9.17, 15) is 0 Å². The highest BCUT2D eigenvalue weighted by Gasteiger charge is 2.32. The maximum atomic E-state index is 15.6. The van der Waals surface area contributed by atoms with Gasteiger partial charge < -0.3 is 0 Å². The standard InChI is InChI=1S/C65H66N6O6S/c1-5-9-13-17-22-38(23-18-14-10-6-2)69-60(72)43-31-29-41-42-30-32-44-52-48(63(75)70(61(44)73)39(24-19-15-11-7-3)25-20-16-12-8-4)35-46-56(54(42)52)55-45(34-47(62(69)74)51(43)53(41)55)57-58(46)65(77)71(64(57)76)50-33-28-37(36-66-50)40-26-21-27-49-59(40)68-78-67-49/h21,26-36,38-39H,5-20,22-25H2,1-4H3. The van der Waals surface area contributed by atoms with Crippen molar-refractivity contribution in [3.05, 3.63) is 135 Å². The molecule has 0 N–H and O–H groups in total. The summed E-state index contributed by atoms with van der Waals surface area (Å²) in [4.78, 5) is 97.5. The van der Waals surface area contributed by atoms with E-state index in [1.807, 2.05) is 48.5 Å². The number of hydrogen-bond donors (Lipinski definition) is 0. The molecule has 5 aromatic heterocycles. The van der Waals surface area contributed by atoms with Gasteiger partial charge in [0.1, 0.15) is 16.9 Å². The Balaban J connectivity index is 1.18. The van der Waals surface area contributed by atoms with E-state index in [4.69, 9.17) is 4.98 Å². The third-order valence-corrected chi connectivity index (χ3v) is 17.9. The zero-order chi connectivity index (χ0) is 53.9. The molecule has 5 heterocycles. The van der Waals surface area contributed by atoms with E-state index >= 15 is 28.8 Å². The van der Waals surface area contributed by atoms with E-state index < -0.39 is 22.2 Å². The number of aromatic nitrogens is 6. The van der Waals surface area contributed by atoms with Crippen molar-refractivity contribution in [1.29, 1.82) is 0 Å². The molecule has 0 saturated carbocycles. The van der Waals surface area contributed by atoms with Gasteiger partial charge in [0.2, 0.25) is 0 Å². The normalized spacial score (nSPS) is 12.6. The van der Waals surface area contributed by atoms with Crippen LogP contribution in [0.3, 0.4) is 0 Å². The van der Waals surface area contributed by atoms with Crippen LogP contribution in [0.15, 0.2) is 102 Å². The van der Waals surface area contributed by atoms with Gasteiger partial charge in [0, 0.05) is 61.7 Å². The fraction of sp³-hybridized carbons (Fsp3) is 0.400. The fourth-order valence-electron chi connectivity index (χ4n) is 13.5. The van der Waals surface area contributed by atoms with Crippen LogP contribution in [0.4, 0.5) is 0 Å². The zero-order valence-electron chi connectivity index (χ0n) is 45.3. The Kier molecular flexibility index (Phi) is 14.0. The zero-order valence-corrected chi connectivity index (χ0v) is 46.1. The van der Waals surface area contributed by atoms with Gasteiger partial charge in [-0.15, -0.1) is 0 Å². The maximum Gasteiger partial charge on any atom is 0.268 e. The average Bonchev–Trinajstić information content (AvgIpc) is 4.20. The first-order valence-corrected chi connectivity index (χ1v) is 29.7. The van der Waals surface area contributed by atoms with E-state index in [-0.39, 0.29) is 39.8 Å². The van der Waals surface area contributed by atoms with Gasteiger partial charge in [0.25, 0.3) is 33.4 Å². The van der Waals surface area contributed by atoms with Crippen LogP contribution in [0.1, 0.15) is 168 Å². The Morgan fingerprint density at radius 2 is 0.846 bits per heavy atom. The van der Waals surface area contributed by atoms with Crippen molar-refractivity contribution in [2.24, 2.45) is 0 Å². The fourth-order valence-corrected chi connectivity index (χ4v) is 14.1. The summed E-state index contributed by atoms with van der Waals surface area (Å²) < 4.78 is 13.0. The van der Waals surface area contributed by atoms with E-state index in [0.717, 1.165) is 152 Å². The first kappa shape index (κ1) is 51.5. The van der Waals surface area contributed by atoms with Crippen LogP contribution in [0, 0.1) is 0 Å². The number of benzene rings is 7. The molecule has 0 bridgehead atoms. The van der Waals surface area contributed by atoms with Crippen LogP contribution >= 0.6 is 11.7 Å². The molecule has 0 aliphatic carbocycles. The molecule has 12 nitrogen and oxygen atoms in total. The van der Waals surface area contributed by atoms with Crippen molar-refractivity contribution in [1.82, 2.24) is 27.4 Å². The van der Waals surface area contributed by atoms with Crippen molar-refractivity contribution in [3.8, 4) is 16.9 Å². The molecule has 0 fully saturated rings. The minimum Gasteiger partial charge on any atom is -0.271 e. The Labute approximate surface area is 454 Å². The molecule has 398 valence electrons. The largest absolute Gasteiger partial charge is 0.271 e. The molecule has 0 aliphatic rings. The number of rotatable bonds is 24. The Morgan fingerprint density at radius 1 is 0.410 bits per heavy atom. The second kappa shape index (κ2) is 21.2. The molecule has 7 aromatic carbocycles.